The third-order valence-corrected chi connectivity index (χ3v) is 7.06. The van der Waals surface area contributed by atoms with Gasteiger partial charge in [-0.25, -0.2) is 13.6 Å². The number of carbonyl (C=O) groups is 1. The SMILES string of the molecule is C[C@@H]1CN(c2c(F)cc3c(=O)c(C(=O)O)cn([C@H]4C[C@@H]4F)c3c2Cl)CC12CC2. The average molecular weight is 409 g/mol. The Morgan fingerprint density at radius 1 is 1.39 bits per heavy atom. The fourth-order valence-corrected chi connectivity index (χ4v) is 5.09. The third-order valence-electron chi connectivity index (χ3n) is 6.71. The van der Waals surface area contributed by atoms with Gasteiger partial charge in [0.1, 0.15) is 17.6 Å². The molecule has 148 valence electrons. The lowest BCUT2D eigenvalue weighted by Crippen LogP contribution is -2.24. The first-order valence-electron chi connectivity index (χ1n) is 9.42. The Morgan fingerprint density at radius 3 is 2.61 bits per heavy atom. The van der Waals surface area contributed by atoms with E-state index in [4.69, 9.17) is 11.6 Å². The summed E-state index contributed by atoms with van der Waals surface area (Å²) < 4.78 is 30.3. The van der Waals surface area contributed by atoms with Crippen molar-refractivity contribution in [3.8, 4) is 0 Å². The van der Waals surface area contributed by atoms with Gasteiger partial charge in [-0.2, -0.15) is 0 Å². The van der Waals surface area contributed by atoms with Crippen molar-refractivity contribution in [2.24, 2.45) is 11.3 Å². The molecule has 3 atom stereocenters. The van der Waals surface area contributed by atoms with Crippen LogP contribution in [0.2, 0.25) is 5.02 Å². The van der Waals surface area contributed by atoms with Crippen molar-refractivity contribution in [1.82, 2.24) is 4.57 Å². The number of alkyl halides is 1. The van der Waals surface area contributed by atoms with Gasteiger partial charge in [0.05, 0.1) is 27.7 Å². The first-order valence-corrected chi connectivity index (χ1v) is 9.80. The van der Waals surface area contributed by atoms with E-state index in [1.54, 1.807) is 0 Å². The molecule has 3 fully saturated rings. The van der Waals surface area contributed by atoms with E-state index in [2.05, 4.69) is 6.92 Å². The summed E-state index contributed by atoms with van der Waals surface area (Å²) >= 11 is 6.61. The van der Waals surface area contributed by atoms with E-state index in [1.165, 1.54) is 4.57 Å². The van der Waals surface area contributed by atoms with Crippen LogP contribution in [0, 0.1) is 17.2 Å². The van der Waals surface area contributed by atoms with Gasteiger partial charge in [-0.05, 0) is 30.2 Å². The second-order valence-corrected chi connectivity index (χ2v) is 8.84. The minimum Gasteiger partial charge on any atom is -0.477 e. The normalized spacial score (nSPS) is 27.6. The fourth-order valence-electron chi connectivity index (χ4n) is 4.68. The molecule has 2 aliphatic carbocycles. The van der Waals surface area contributed by atoms with Crippen LogP contribution in [-0.2, 0) is 0 Å². The molecule has 5 rings (SSSR count). The van der Waals surface area contributed by atoms with Crippen molar-refractivity contribution in [2.75, 3.05) is 18.0 Å². The average Bonchev–Trinajstić information content (AvgIpc) is 3.51. The van der Waals surface area contributed by atoms with E-state index in [0.717, 1.165) is 25.1 Å². The summed E-state index contributed by atoms with van der Waals surface area (Å²) in [7, 11) is 0. The Balaban J connectivity index is 1.75. The van der Waals surface area contributed by atoms with Crippen molar-refractivity contribution in [1.29, 1.82) is 0 Å². The van der Waals surface area contributed by atoms with E-state index < -0.39 is 35.0 Å². The Labute approximate surface area is 164 Å². The molecule has 8 heteroatoms. The lowest BCUT2D eigenvalue weighted by Gasteiger charge is -2.23. The molecule has 2 heterocycles. The van der Waals surface area contributed by atoms with Crippen molar-refractivity contribution in [3.63, 3.8) is 0 Å². The molecule has 3 aliphatic rings. The summed E-state index contributed by atoms with van der Waals surface area (Å²) in [5.74, 6) is -1.67. The molecule has 2 aromatic rings. The maximum absolute atomic E-state index is 15.1. The van der Waals surface area contributed by atoms with Crippen LogP contribution in [0.25, 0.3) is 10.9 Å². The van der Waals surface area contributed by atoms with Crippen LogP contribution in [0.1, 0.15) is 42.6 Å². The van der Waals surface area contributed by atoms with Crippen molar-refractivity contribution in [2.45, 2.75) is 38.4 Å². The number of fused-ring (bicyclic) bond motifs is 1. The quantitative estimate of drug-likeness (QED) is 0.833. The number of anilines is 1. The van der Waals surface area contributed by atoms with Gasteiger partial charge in [-0.1, -0.05) is 18.5 Å². The summed E-state index contributed by atoms with van der Waals surface area (Å²) in [6.45, 7) is 3.50. The van der Waals surface area contributed by atoms with Crippen LogP contribution in [0.15, 0.2) is 17.1 Å². The number of hydrogen-bond acceptors (Lipinski definition) is 3. The van der Waals surface area contributed by atoms with Crippen LogP contribution in [0.3, 0.4) is 0 Å². The topological polar surface area (TPSA) is 62.5 Å². The second-order valence-electron chi connectivity index (χ2n) is 8.46. The van der Waals surface area contributed by atoms with Crippen LogP contribution >= 0.6 is 11.6 Å². The van der Waals surface area contributed by atoms with E-state index >= 15 is 4.39 Å². The predicted molar refractivity (Wildman–Crippen MR) is 102 cm³/mol. The lowest BCUT2D eigenvalue weighted by atomic mass is 9.95. The van der Waals surface area contributed by atoms with Gasteiger partial charge in [-0.15, -0.1) is 0 Å². The van der Waals surface area contributed by atoms with Crippen LogP contribution < -0.4 is 10.3 Å². The zero-order valence-corrected chi connectivity index (χ0v) is 16.0. The zero-order valence-electron chi connectivity index (χ0n) is 15.2. The van der Waals surface area contributed by atoms with E-state index in [9.17, 15) is 19.1 Å². The maximum atomic E-state index is 15.1. The molecule has 0 unspecified atom stereocenters. The van der Waals surface area contributed by atoms with E-state index in [-0.39, 0.29) is 33.4 Å². The molecule has 1 aromatic heterocycles. The van der Waals surface area contributed by atoms with Gasteiger partial charge in [0.25, 0.3) is 0 Å². The summed E-state index contributed by atoms with van der Waals surface area (Å²) in [6.07, 6.45) is 2.42. The number of pyridine rings is 1. The molecule has 0 radical (unpaired) electrons. The standard InChI is InChI=1S/C20H19ClF2N2O3/c1-9-6-24(8-20(9)2-3-20)17-13(23)4-10-16(15(17)21)25(14-5-12(14)22)7-11(18(10)26)19(27)28/h4,7,9,12,14H,2-3,5-6,8H2,1H3,(H,27,28)/t9-,12+,14+/m1/s1. The number of carboxylic acid groups (broad SMARTS) is 1. The summed E-state index contributed by atoms with van der Waals surface area (Å²) in [5, 5.41) is 9.26. The molecule has 5 nitrogen and oxygen atoms in total. The maximum Gasteiger partial charge on any atom is 0.341 e. The predicted octanol–water partition coefficient (Wildman–Crippen LogP) is 4.01. The second kappa shape index (κ2) is 5.69. The number of hydrogen-bond donors (Lipinski definition) is 1. The van der Waals surface area contributed by atoms with Gasteiger partial charge in [0, 0.05) is 25.7 Å². The Hall–Kier alpha value is -2.15. The van der Waals surface area contributed by atoms with Gasteiger partial charge in [-0.3, -0.25) is 4.79 Å². The molecular weight excluding hydrogens is 390 g/mol. The largest absolute Gasteiger partial charge is 0.477 e. The van der Waals surface area contributed by atoms with Crippen LogP contribution in [0.5, 0.6) is 0 Å². The summed E-state index contributed by atoms with van der Waals surface area (Å²) in [4.78, 5) is 26.0. The van der Waals surface area contributed by atoms with Crippen molar-refractivity contribution in [3.05, 3.63) is 38.9 Å². The Morgan fingerprint density at radius 2 is 2.07 bits per heavy atom. The smallest absolute Gasteiger partial charge is 0.341 e. The van der Waals surface area contributed by atoms with Crippen molar-refractivity contribution < 1.29 is 18.7 Å². The fraction of sp³-hybridized carbons (Fsp3) is 0.500. The molecule has 28 heavy (non-hydrogen) atoms. The van der Waals surface area contributed by atoms with Crippen LogP contribution in [-0.4, -0.2) is 34.9 Å². The lowest BCUT2D eigenvalue weighted by molar-refractivity contribution is 0.0694. The van der Waals surface area contributed by atoms with Gasteiger partial charge in [0.2, 0.25) is 5.43 Å². The third kappa shape index (κ3) is 2.41. The van der Waals surface area contributed by atoms with Crippen LogP contribution in [0.4, 0.5) is 14.5 Å². The number of halogens is 3. The highest BCUT2D eigenvalue weighted by atomic mass is 35.5. The van der Waals surface area contributed by atoms with Crippen molar-refractivity contribution >= 4 is 34.2 Å². The number of rotatable bonds is 3. The molecule has 2 saturated carbocycles. The first-order chi connectivity index (χ1) is 13.2. The number of benzene rings is 1. The molecular formula is C20H19ClF2N2O3. The number of aromatic carboxylic acids is 1. The molecule has 1 N–H and O–H groups in total. The zero-order chi connectivity index (χ0) is 20.0. The molecule has 1 spiro atoms. The molecule has 0 bridgehead atoms. The summed E-state index contributed by atoms with van der Waals surface area (Å²) in [5.41, 5.74) is -0.685. The highest BCUT2D eigenvalue weighted by Gasteiger charge is 2.53. The first kappa shape index (κ1) is 17.9. The van der Waals surface area contributed by atoms with E-state index in [0.29, 0.717) is 19.0 Å². The minimum atomic E-state index is -1.43. The minimum absolute atomic E-state index is 0.0491. The Kier molecular flexibility index (Phi) is 3.64. The number of aromatic nitrogens is 1. The number of nitrogens with zero attached hydrogens (tertiary/aromatic N) is 2. The highest BCUT2D eigenvalue weighted by Crippen LogP contribution is 2.57. The number of carboxylic acids is 1. The van der Waals surface area contributed by atoms with Gasteiger partial charge >= 0.3 is 5.97 Å². The molecule has 1 aromatic carbocycles. The Bertz CT molecular complexity index is 1100. The van der Waals surface area contributed by atoms with Gasteiger partial charge in [0.15, 0.2) is 0 Å². The van der Waals surface area contributed by atoms with E-state index in [1.807, 2.05) is 4.90 Å². The van der Waals surface area contributed by atoms with Gasteiger partial charge < -0.3 is 14.6 Å². The molecule has 1 saturated heterocycles. The molecule has 1 aliphatic heterocycles. The summed E-state index contributed by atoms with van der Waals surface area (Å²) in [6, 6.07) is 0.462. The monoisotopic (exact) mass is 408 g/mol. The molecule has 0 amide bonds. The highest BCUT2D eigenvalue weighted by molar-refractivity contribution is 6.38.